The number of fused-ring (bicyclic) bond motifs is 2. The first-order chi connectivity index (χ1) is 9.65. The predicted molar refractivity (Wildman–Crippen MR) is 80.4 cm³/mol. The van der Waals surface area contributed by atoms with E-state index >= 15 is 0 Å². The Morgan fingerprint density at radius 2 is 2.20 bits per heavy atom. The van der Waals surface area contributed by atoms with E-state index < -0.39 is 0 Å². The average molecular weight is 287 g/mol. The van der Waals surface area contributed by atoms with Gasteiger partial charge in [0.1, 0.15) is 11.6 Å². The van der Waals surface area contributed by atoms with Crippen LogP contribution in [0.25, 0.3) is 22.4 Å². The van der Waals surface area contributed by atoms with Crippen LogP contribution in [0.15, 0.2) is 18.2 Å². The van der Waals surface area contributed by atoms with E-state index in [1.54, 1.807) is 17.4 Å². The zero-order valence-electron chi connectivity index (χ0n) is 11.1. The van der Waals surface area contributed by atoms with Crippen LogP contribution in [-0.4, -0.2) is 9.55 Å². The summed E-state index contributed by atoms with van der Waals surface area (Å²) >= 11 is 1.67. The van der Waals surface area contributed by atoms with E-state index in [9.17, 15) is 4.39 Å². The van der Waals surface area contributed by atoms with Crippen molar-refractivity contribution in [2.24, 2.45) is 7.05 Å². The van der Waals surface area contributed by atoms with E-state index in [0.29, 0.717) is 5.52 Å². The second kappa shape index (κ2) is 4.06. The molecule has 20 heavy (non-hydrogen) atoms. The summed E-state index contributed by atoms with van der Waals surface area (Å²) in [5.41, 5.74) is 10.2. The average Bonchev–Trinajstić information content (AvgIpc) is 3.03. The molecule has 2 N–H and O–H groups in total. The number of aromatic nitrogens is 2. The van der Waals surface area contributed by atoms with E-state index in [-0.39, 0.29) is 5.82 Å². The molecule has 5 heteroatoms. The number of rotatable bonds is 1. The van der Waals surface area contributed by atoms with E-state index in [1.807, 2.05) is 11.6 Å². The summed E-state index contributed by atoms with van der Waals surface area (Å²) in [6, 6.07) is 4.71. The van der Waals surface area contributed by atoms with Crippen molar-refractivity contribution >= 4 is 27.4 Å². The SMILES string of the molecule is Cn1c(-c2c(N)sc3c2CCC3)nc2cc(F)ccc21. The van der Waals surface area contributed by atoms with E-state index in [2.05, 4.69) is 4.98 Å². The summed E-state index contributed by atoms with van der Waals surface area (Å²) in [4.78, 5) is 5.99. The van der Waals surface area contributed by atoms with Crippen LogP contribution >= 0.6 is 11.3 Å². The molecule has 102 valence electrons. The molecule has 0 saturated heterocycles. The highest BCUT2D eigenvalue weighted by atomic mass is 32.1. The van der Waals surface area contributed by atoms with Gasteiger partial charge < -0.3 is 10.3 Å². The molecule has 0 bridgehead atoms. The number of nitrogen functional groups attached to an aromatic ring is 1. The molecule has 1 aliphatic carbocycles. The number of thiophene rings is 1. The lowest BCUT2D eigenvalue weighted by Gasteiger charge is -2.04. The van der Waals surface area contributed by atoms with Gasteiger partial charge in [0.05, 0.1) is 21.6 Å². The summed E-state index contributed by atoms with van der Waals surface area (Å²) < 4.78 is 15.4. The summed E-state index contributed by atoms with van der Waals surface area (Å²) in [5.74, 6) is 0.591. The molecule has 0 atom stereocenters. The molecule has 3 aromatic rings. The third-order valence-electron chi connectivity index (χ3n) is 4.02. The lowest BCUT2D eigenvalue weighted by Crippen LogP contribution is -1.96. The van der Waals surface area contributed by atoms with E-state index in [4.69, 9.17) is 5.73 Å². The fraction of sp³-hybridized carbons (Fsp3) is 0.267. The van der Waals surface area contributed by atoms with Gasteiger partial charge >= 0.3 is 0 Å². The van der Waals surface area contributed by atoms with E-state index in [0.717, 1.165) is 34.7 Å². The standard InChI is InChI=1S/C15H14FN3S/c1-19-11-6-5-8(16)7-10(11)18-15(19)13-9-3-2-4-12(9)20-14(13)17/h5-7H,2-4,17H2,1H3. The largest absolute Gasteiger partial charge is 0.390 e. The van der Waals surface area contributed by atoms with Gasteiger partial charge in [-0.1, -0.05) is 0 Å². The molecule has 3 nitrogen and oxygen atoms in total. The van der Waals surface area contributed by atoms with Crippen LogP contribution in [0, 0.1) is 5.82 Å². The fourth-order valence-electron chi connectivity index (χ4n) is 3.07. The second-order valence-electron chi connectivity index (χ2n) is 5.22. The van der Waals surface area contributed by atoms with Crippen molar-refractivity contribution in [1.82, 2.24) is 9.55 Å². The normalized spacial score (nSPS) is 14.1. The number of nitrogens with two attached hydrogens (primary N) is 1. The topological polar surface area (TPSA) is 43.8 Å². The van der Waals surface area contributed by atoms with Crippen LogP contribution in [0.2, 0.25) is 0 Å². The van der Waals surface area contributed by atoms with Gasteiger partial charge in [-0.25, -0.2) is 9.37 Å². The summed E-state index contributed by atoms with van der Waals surface area (Å²) in [7, 11) is 1.96. The minimum atomic E-state index is -0.259. The number of aryl methyl sites for hydroxylation is 2. The molecule has 0 spiro atoms. The van der Waals surface area contributed by atoms with Gasteiger partial charge in [-0.15, -0.1) is 11.3 Å². The van der Waals surface area contributed by atoms with Gasteiger partial charge in [0, 0.05) is 18.0 Å². The van der Waals surface area contributed by atoms with Crippen molar-refractivity contribution in [3.63, 3.8) is 0 Å². The number of anilines is 1. The van der Waals surface area contributed by atoms with Crippen LogP contribution in [0.4, 0.5) is 9.39 Å². The van der Waals surface area contributed by atoms with Crippen molar-refractivity contribution in [3.8, 4) is 11.4 Å². The maximum atomic E-state index is 13.3. The Labute approximate surface area is 119 Å². The quantitative estimate of drug-likeness (QED) is 0.744. The number of imidazole rings is 1. The molecule has 2 aromatic heterocycles. The molecule has 0 unspecified atom stereocenters. The first-order valence-corrected chi connectivity index (χ1v) is 7.49. The molecule has 0 aliphatic heterocycles. The van der Waals surface area contributed by atoms with Crippen LogP contribution in [0.5, 0.6) is 0 Å². The fourth-order valence-corrected chi connectivity index (χ4v) is 4.22. The van der Waals surface area contributed by atoms with Gasteiger partial charge in [0.25, 0.3) is 0 Å². The number of hydrogen-bond acceptors (Lipinski definition) is 3. The van der Waals surface area contributed by atoms with Crippen molar-refractivity contribution in [3.05, 3.63) is 34.5 Å². The van der Waals surface area contributed by atoms with Gasteiger partial charge in [-0.05, 0) is 37.0 Å². The Hall–Kier alpha value is -1.88. The minimum Gasteiger partial charge on any atom is -0.390 e. The number of nitrogens with zero attached hydrogens (tertiary/aromatic N) is 2. The molecule has 0 radical (unpaired) electrons. The lowest BCUT2D eigenvalue weighted by atomic mass is 10.1. The number of hydrogen-bond donors (Lipinski definition) is 1. The zero-order chi connectivity index (χ0) is 13.9. The molecular weight excluding hydrogens is 273 g/mol. The maximum Gasteiger partial charge on any atom is 0.144 e. The van der Waals surface area contributed by atoms with Crippen LogP contribution in [-0.2, 0) is 19.9 Å². The molecule has 0 amide bonds. The monoisotopic (exact) mass is 287 g/mol. The summed E-state index contributed by atoms with van der Waals surface area (Å²) in [5, 5.41) is 0.827. The highest BCUT2D eigenvalue weighted by Crippen LogP contribution is 2.43. The van der Waals surface area contributed by atoms with Gasteiger partial charge in [0.15, 0.2) is 0 Å². The Kier molecular flexibility index (Phi) is 2.41. The zero-order valence-corrected chi connectivity index (χ0v) is 11.9. The van der Waals surface area contributed by atoms with Gasteiger partial charge in [0.2, 0.25) is 0 Å². The van der Waals surface area contributed by atoms with Gasteiger partial charge in [-0.2, -0.15) is 0 Å². The number of halogens is 1. The van der Waals surface area contributed by atoms with Crippen LogP contribution < -0.4 is 5.73 Å². The highest BCUT2D eigenvalue weighted by molar-refractivity contribution is 7.16. The molecule has 4 rings (SSSR count). The van der Waals surface area contributed by atoms with Crippen molar-refractivity contribution < 1.29 is 4.39 Å². The summed E-state index contributed by atoms with van der Waals surface area (Å²) in [6.07, 6.45) is 3.37. The van der Waals surface area contributed by atoms with Crippen LogP contribution in [0.3, 0.4) is 0 Å². The Morgan fingerprint density at radius 3 is 3.05 bits per heavy atom. The molecule has 0 saturated carbocycles. The third kappa shape index (κ3) is 1.53. The van der Waals surface area contributed by atoms with E-state index in [1.165, 1.54) is 29.0 Å². The van der Waals surface area contributed by atoms with Crippen molar-refractivity contribution in [2.45, 2.75) is 19.3 Å². The Morgan fingerprint density at radius 1 is 1.35 bits per heavy atom. The summed E-state index contributed by atoms with van der Waals surface area (Å²) in [6.45, 7) is 0. The molecule has 1 aliphatic rings. The molecule has 1 aromatic carbocycles. The molecular formula is C15H14FN3S. The highest BCUT2D eigenvalue weighted by Gasteiger charge is 2.25. The predicted octanol–water partition coefficient (Wildman–Crippen LogP) is 3.51. The first kappa shape index (κ1) is 11.9. The first-order valence-electron chi connectivity index (χ1n) is 6.67. The number of benzene rings is 1. The Bertz CT molecular complexity index is 831. The minimum absolute atomic E-state index is 0.259. The lowest BCUT2D eigenvalue weighted by molar-refractivity contribution is 0.629. The Balaban J connectivity index is 2.01. The van der Waals surface area contributed by atoms with Crippen molar-refractivity contribution in [1.29, 1.82) is 0 Å². The maximum absolute atomic E-state index is 13.3. The molecule has 0 fully saturated rings. The second-order valence-corrected chi connectivity index (χ2v) is 6.36. The van der Waals surface area contributed by atoms with Gasteiger partial charge in [-0.3, -0.25) is 0 Å². The smallest absolute Gasteiger partial charge is 0.144 e. The molecule has 2 heterocycles. The van der Waals surface area contributed by atoms with Crippen molar-refractivity contribution in [2.75, 3.05) is 5.73 Å². The van der Waals surface area contributed by atoms with Crippen LogP contribution in [0.1, 0.15) is 16.9 Å². The third-order valence-corrected chi connectivity index (χ3v) is 5.14.